The van der Waals surface area contributed by atoms with Crippen LogP contribution < -0.4 is 5.32 Å². The molecule has 0 unspecified atom stereocenters. The van der Waals surface area contributed by atoms with Gasteiger partial charge in [0.2, 0.25) is 0 Å². The van der Waals surface area contributed by atoms with Gasteiger partial charge in [-0.2, -0.15) is 0 Å². The van der Waals surface area contributed by atoms with Crippen LogP contribution in [0.2, 0.25) is 0 Å². The molecule has 3 rings (SSSR count). The summed E-state index contributed by atoms with van der Waals surface area (Å²) in [6.45, 7) is 1.83. The molecule has 23 heavy (non-hydrogen) atoms. The summed E-state index contributed by atoms with van der Waals surface area (Å²) < 4.78 is 5.19. The molecule has 0 radical (unpaired) electrons. The number of aryl methyl sites for hydroxylation is 1. The molecular formula is C20H15NO2. The van der Waals surface area contributed by atoms with Gasteiger partial charge in [-0.1, -0.05) is 36.1 Å². The average Bonchev–Trinajstić information content (AvgIpc) is 3.00. The molecule has 0 bridgehead atoms. The van der Waals surface area contributed by atoms with E-state index in [4.69, 9.17) is 4.42 Å². The van der Waals surface area contributed by atoms with Gasteiger partial charge < -0.3 is 9.73 Å². The van der Waals surface area contributed by atoms with Crippen LogP contribution in [0.1, 0.15) is 27.2 Å². The van der Waals surface area contributed by atoms with Crippen molar-refractivity contribution in [3.8, 4) is 11.8 Å². The Morgan fingerprint density at radius 2 is 1.70 bits per heavy atom. The van der Waals surface area contributed by atoms with Gasteiger partial charge >= 0.3 is 0 Å². The van der Waals surface area contributed by atoms with E-state index < -0.39 is 0 Å². The number of amides is 1. The molecule has 0 saturated heterocycles. The van der Waals surface area contributed by atoms with E-state index in [1.165, 1.54) is 6.26 Å². The van der Waals surface area contributed by atoms with Crippen LogP contribution in [-0.2, 0) is 0 Å². The van der Waals surface area contributed by atoms with E-state index in [1.807, 2.05) is 61.5 Å². The number of rotatable bonds is 2. The molecule has 1 aromatic heterocycles. The molecule has 1 N–H and O–H groups in total. The SMILES string of the molecule is Cc1ccoc1C(=O)Nc1cccc(C#Cc2ccccc2)c1. The van der Waals surface area contributed by atoms with Gasteiger partial charge in [-0.15, -0.1) is 0 Å². The average molecular weight is 301 g/mol. The molecule has 112 valence electrons. The van der Waals surface area contributed by atoms with Crippen LogP contribution in [0.4, 0.5) is 5.69 Å². The molecule has 0 aliphatic carbocycles. The third kappa shape index (κ3) is 3.69. The van der Waals surface area contributed by atoms with Crippen molar-refractivity contribution in [2.75, 3.05) is 5.32 Å². The first kappa shape index (κ1) is 14.7. The van der Waals surface area contributed by atoms with Crippen LogP contribution in [0.5, 0.6) is 0 Å². The fourth-order valence-electron chi connectivity index (χ4n) is 2.13. The van der Waals surface area contributed by atoms with Gasteiger partial charge in [-0.3, -0.25) is 4.79 Å². The van der Waals surface area contributed by atoms with Crippen LogP contribution in [0, 0.1) is 18.8 Å². The van der Waals surface area contributed by atoms with Gasteiger partial charge in [0.05, 0.1) is 6.26 Å². The van der Waals surface area contributed by atoms with E-state index in [1.54, 1.807) is 6.07 Å². The highest BCUT2D eigenvalue weighted by Crippen LogP contribution is 2.14. The lowest BCUT2D eigenvalue weighted by Crippen LogP contribution is -2.12. The normalized spacial score (nSPS) is 9.78. The summed E-state index contributed by atoms with van der Waals surface area (Å²) in [5.41, 5.74) is 3.28. The van der Waals surface area contributed by atoms with Gasteiger partial charge in [-0.05, 0) is 43.3 Å². The van der Waals surface area contributed by atoms with Gasteiger partial charge in [0.25, 0.3) is 5.91 Å². The van der Waals surface area contributed by atoms with Crippen molar-refractivity contribution in [2.24, 2.45) is 0 Å². The van der Waals surface area contributed by atoms with Gasteiger partial charge in [0.1, 0.15) is 0 Å². The van der Waals surface area contributed by atoms with E-state index in [9.17, 15) is 4.79 Å². The first-order valence-corrected chi connectivity index (χ1v) is 7.25. The minimum atomic E-state index is -0.263. The molecule has 0 fully saturated rings. The van der Waals surface area contributed by atoms with Gasteiger partial charge in [0.15, 0.2) is 5.76 Å². The largest absolute Gasteiger partial charge is 0.459 e. The van der Waals surface area contributed by atoms with Crippen LogP contribution in [0.3, 0.4) is 0 Å². The number of hydrogen-bond donors (Lipinski definition) is 1. The molecule has 3 aromatic rings. The molecule has 0 spiro atoms. The quantitative estimate of drug-likeness (QED) is 0.719. The molecule has 1 heterocycles. The molecule has 0 atom stereocenters. The number of hydrogen-bond acceptors (Lipinski definition) is 2. The first-order chi connectivity index (χ1) is 11.2. The van der Waals surface area contributed by atoms with E-state index in [2.05, 4.69) is 17.2 Å². The van der Waals surface area contributed by atoms with Crippen LogP contribution in [0.25, 0.3) is 0 Å². The summed E-state index contributed by atoms with van der Waals surface area (Å²) in [5, 5.41) is 2.82. The minimum Gasteiger partial charge on any atom is -0.459 e. The Balaban J connectivity index is 1.77. The summed E-state index contributed by atoms with van der Waals surface area (Å²) in [4.78, 5) is 12.1. The van der Waals surface area contributed by atoms with Crippen molar-refractivity contribution in [1.29, 1.82) is 0 Å². The minimum absolute atomic E-state index is 0.263. The molecular weight excluding hydrogens is 286 g/mol. The van der Waals surface area contributed by atoms with Crippen LogP contribution in [0.15, 0.2) is 71.3 Å². The third-order valence-corrected chi connectivity index (χ3v) is 3.31. The second-order valence-electron chi connectivity index (χ2n) is 5.08. The monoisotopic (exact) mass is 301 g/mol. The Hall–Kier alpha value is -3.25. The highest BCUT2D eigenvalue weighted by Gasteiger charge is 2.12. The van der Waals surface area contributed by atoms with E-state index in [0.29, 0.717) is 11.4 Å². The van der Waals surface area contributed by atoms with Gasteiger partial charge in [-0.25, -0.2) is 0 Å². The predicted octanol–water partition coefficient (Wildman–Crippen LogP) is 4.24. The van der Waals surface area contributed by atoms with Crippen molar-refractivity contribution in [1.82, 2.24) is 0 Å². The maximum Gasteiger partial charge on any atom is 0.291 e. The standard InChI is InChI=1S/C20H15NO2/c1-15-12-13-23-19(15)20(22)21-18-9-5-8-17(14-18)11-10-16-6-3-2-4-7-16/h2-9,12-14H,1H3,(H,21,22). The topological polar surface area (TPSA) is 42.2 Å². The molecule has 3 heteroatoms. The summed E-state index contributed by atoms with van der Waals surface area (Å²) in [6, 6.07) is 19.0. The lowest BCUT2D eigenvalue weighted by atomic mass is 10.1. The molecule has 0 saturated carbocycles. The molecule has 0 aliphatic heterocycles. The highest BCUT2D eigenvalue weighted by molar-refractivity contribution is 6.03. The van der Waals surface area contributed by atoms with Crippen molar-refractivity contribution in [3.63, 3.8) is 0 Å². The number of benzene rings is 2. The Morgan fingerprint density at radius 1 is 0.957 bits per heavy atom. The van der Waals surface area contributed by atoms with Crippen molar-refractivity contribution >= 4 is 11.6 Å². The Labute approximate surface area is 135 Å². The van der Waals surface area contributed by atoms with Crippen LogP contribution >= 0.6 is 0 Å². The van der Waals surface area contributed by atoms with Crippen molar-refractivity contribution in [3.05, 3.63) is 89.4 Å². The maximum absolute atomic E-state index is 12.1. The summed E-state index contributed by atoms with van der Waals surface area (Å²) in [7, 11) is 0. The third-order valence-electron chi connectivity index (χ3n) is 3.31. The van der Waals surface area contributed by atoms with Gasteiger partial charge in [0, 0.05) is 22.4 Å². The fraction of sp³-hybridized carbons (Fsp3) is 0.0500. The highest BCUT2D eigenvalue weighted by atomic mass is 16.3. The van der Waals surface area contributed by atoms with E-state index in [0.717, 1.165) is 16.7 Å². The summed E-state index contributed by atoms with van der Waals surface area (Å²) >= 11 is 0. The second-order valence-corrected chi connectivity index (χ2v) is 5.08. The zero-order chi connectivity index (χ0) is 16.1. The summed E-state index contributed by atoms with van der Waals surface area (Å²) in [6.07, 6.45) is 1.51. The Bertz CT molecular complexity index is 883. The van der Waals surface area contributed by atoms with E-state index >= 15 is 0 Å². The smallest absolute Gasteiger partial charge is 0.291 e. The number of carbonyl (C=O) groups excluding carboxylic acids is 1. The number of anilines is 1. The lowest BCUT2D eigenvalue weighted by Gasteiger charge is -2.04. The lowest BCUT2D eigenvalue weighted by molar-refractivity contribution is 0.0996. The molecule has 1 amide bonds. The first-order valence-electron chi connectivity index (χ1n) is 7.25. The Kier molecular flexibility index (Phi) is 4.26. The maximum atomic E-state index is 12.1. The molecule has 2 aromatic carbocycles. The Morgan fingerprint density at radius 3 is 2.43 bits per heavy atom. The number of furan rings is 1. The number of carbonyl (C=O) groups is 1. The summed E-state index contributed by atoms with van der Waals surface area (Å²) in [5.74, 6) is 6.25. The predicted molar refractivity (Wildman–Crippen MR) is 90.3 cm³/mol. The van der Waals surface area contributed by atoms with Crippen molar-refractivity contribution < 1.29 is 9.21 Å². The number of nitrogens with one attached hydrogen (secondary N) is 1. The molecule has 3 nitrogen and oxygen atoms in total. The fourth-order valence-corrected chi connectivity index (χ4v) is 2.13. The van der Waals surface area contributed by atoms with Crippen molar-refractivity contribution in [2.45, 2.75) is 6.92 Å². The second kappa shape index (κ2) is 6.67. The van der Waals surface area contributed by atoms with E-state index in [-0.39, 0.29) is 5.91 Å². The van der Waals surface area contributed by atoms with Crippen LogP contribution in [-0.4, -0.2) is 5.91 Å². The molecule has 0 aliphatic rings. The zero-order valence-corrected chi connectivity index (χ0v) is 12.7. The zero-order valence-electron chi connectivity index (χ0n) is 12.7.